The van der Waals surface area contributed by atoms with E-state index in [0.29, 0.717) is 18.4 Å². The van der Waals surface area contributed by atoms with Crippen molar-refractivity contribution in [3.05, 3.63) is 16.5 Å². The molecule has 1 aliphatic carbocycles. The molecule has 0 aromatic carbocycles. The van der Waals surface area contributed by atoms with Crippen LogP contribution in [0.1, 0.15) is 31.0 Å². The second-order valence-electron chi connectivity index (χ2n) is 4.67. The number of hydrogen-bond acceptors (Lipinski definition) is 4. The minimum absolute atomic E-state index is 0.552. The first-order chi connectivity index (χ1) is 8.15. The van der Waals surface area contributed by atoms with Crippen LogP contribution in [-0.2, 0) is 0 Å². The number of rotatable bonds is 6. The minimum Gasteiger partial charge on any atom is -0.478 e. The first-order valence-electron chi connectivity index (χ1n) is 5.97. The Kier molecular flexibility index (Phi) is 4.34. The van der Waals surface area contributed by atoms with Gasteiger partial charge in [0.25, 0.3) is 0 Å². The number of aromatic nitrogens is 2. The molecule has 17 heavy (non-hydrogen) atoms. The van der Waals surface area contributed by atoms with E-state index in [2.05, 4.69) is 44.9 Å². The van der Waals surface area contributed by atoms with Crippen molar-refractivity contribution >= 4 is 15.9 Å². The van der Waals surface area contributed by atoms with Crippen molar-refractivity contribution in [2.45, 2.75) is 25.2 Å². The summed E-state index contributed by atoms with van der Waals surface area (Å²) in [6.45, 7) is 1.73. The molecular formula is C12H18BrN3O. The zero-order valence-electron chi connectivity index (χ0n) is 10.3. The highest BCUT2D eigenvalue weighted by Crippen LogP contribution is 2.39. The van der Waals surface area contributed by atoms with Crippen LogP contribution in [0.15, 0.2) is 10.7 Å². The molecule has 1 saturated carbocycles. The summed E-state index contributed by atoms with van der Waals surface area (Å²) in [7, 11) is 4.12. The van der Waals surface area contributed by atoms with Gasteiger partial charge in [0.05, 0.1) is 6.61 Å². The van der Waals surface area contributed by atoms with E-state index < -0.39 is 0 Å². The summed E-state index contributed by atoms with van der Waals surface area (Å²) in [5.41, 5.74) is 0. The minimum atomic E-state index is 0.552. The molecule has 1 fully saturated rings. The number of nitrogens with zero attached hydrogens (tertiary/aromatic N) is 3. The van der Waals surface area contributed by atoms with Crippen LogP contribution in [0.3, 0.4) is 0 Å². The van der Waals surface area contributed by atoms with Crippen LogP contribution < -0.4 is 4.74 Å². The number of ether oxygens (including phenoxy) is 1. The van der Waals surface area contributed by atoms with Crippen LogP contribution in [0.5, 0.6) is 5.88 Å². The fraction of sp³-hybridized carbons (Fsp3) is 0.667. The molecular weight excluding hydrogens is 282 g/mol. The van der Waals surface area contributed by atoms with Crippen molar-refractivity contribution in [2.75, 3.05) is 27.2 Å². The Morgan fingerprint density at radius 3 is 2.82 bits per heavy atom. The van der Waals surface area contributed by atoms with Gasteiger partial charge in [0.1, 0.15) is 10.4 Å². The first-order valence-corrected chi connectivity index (χ1v) is 6.76. The summed E-state index contributed by atoms with van der Waals surface area (Å²) < 4.78 is 6.46. The summed E-state index contributed by atoms with van der Waals surface area (Å²) in [5.74, 6) is 2.16. The van der Waals surface area contributed by atoms with Crippen LogP contribution in [0, 0.1) is 0 Å². The predicted octanol–water partition coefficient (Wildman–Crippen LogP) is 2.45. The predicted molar refractivity (Wildman–Crippen MR) is 70.4 cm³/mol. The van der Waals surface area contributed by atoms with E-state index in [4.69, 9.17) is 4.74 Å². The topological polar surface area (TPSA) is 38.2 Å². The lowest BCUT2D eigenvalue weighted by Crippen LogP contribution is -2.15. The van der Waals surface area contributed by atoms with E-state index in [1.54, 1.807) is 0 Å². The lowest BCUT2D eigenvalue weighted by molar-refractivity contribution is 0.272. The van der Waals surface area contributed by atoms with Gasteiger partial charge in [-0.05, 0) is 49.3 Å². The van der Waals surface area contributed by atoms with E-state index in [1.807, 2.05) is 6.07 Å². The van der Waals surface area contributed by atoms with E-state index in [1.165, 1.54) is 12.8 Å². The summed E-state index contributed by atoms with van der Waals surface area (Å²) in [6, 6.07) is 1.83. The molecule has 0 bridgehead atoms. The van der Waals surface area contributed by atoms with Crippen molar-refractivity contribution < 1.29 is 4.74 Å². The number of halogens is 1. The zero-order chi connectivity index (χ0) is 12.3. The van der Waals surface area contributed by atoms with E-state index in [-0.39, 0.29) is 0 Å². The summed E-state index contributed by atoms with van der Waals surface area (Å²) in [4.78, 5) is 11.0. The maximum Gasteiger partial charge on any atom is 0.217 e. The molecule has 4 nitrogen and oxygen atoms in total. The fourth-order valence-corrected chi connectivity index (χ4v) is 1.95. The molecule has 0 unspecified atom stereocenters. The third-order valence-corrected chi connectivity index (χ3v) is 3.04. The molecule has 0 amide bonds. The van der Waals surface area contributed by atoms with Crippen molar-refractivity contribution in [3.63, 3.8) is 0 Å². The van der Waals surface area contributed by atoms with Gasteiger partial charge in [-0.15, -0.1) is 0 Å². The largest absolute Gasteiger partial charge is 0.478 e. The van der Waals surface area contributed by atoms with Crippen LogP contribution in [0.25, 0.3) is 0 Å². The Bertz CT molecular complexity index is 380. The molecule has 94 valence electrons. The van der Waals surface area contributed by atoms with Crippen LogP contribution in [0.4, 0.5) is 0 Å². The van der Waals surface area contributed by atoms with Crippen LogP contribution in [-0.4, -0.2) is 42.1 Å². The Hall–Kier alpha value is -0.680. The molecule has 1 heterocycles. The van der Waals surface area contributed by atoms with E-state index in [9.17, 15) is 0 Å². The molecule has 5 heteroatoms. The van der Waals surface area contributed by atoms with Crippen LogP contribution >= 0.6 is 15.9 Å². The van der Waals surface area contributed by atoms with Gasteiger partial charge in [-0.25, -0.2) is 4.98 Å². The highest BCUT2D eigenvalue weighted by molar-refractivity contribution is 9.10. The van der Waals surface area contributed by atoms with Gasteiger partial charge in [-0.2, -0.15) is 4.98 Å². The van der Waals surface area contributed by atoms with Crippen molar-refractivity contribution in [2.24, 2.45) is 0 Å². The normalized spacial score (nSPS) is 15.3. The molecule has 2 rings (SSSR count). The third kappa shape index (κ3) is 4.24. The Morgan fingerprint density at radius 1 is 1.41 bits per heavy atom. The van der Waals surface area contributed by atoms with E-state index in [0.717, 1.165) is 23.4 Å². The maximum atomic E-state index is 5.65. The second-order valence-corrected chi connectivity index (χ2v) is 5.48. The monoisotopic (exact) mass is 299 g/mol. The molecule has 0 spiro atoms. The highest BCUT2D eigenvalue weighted by Gasteiger charge is 2.27. The van der Waals surface area contributed by atoms with E-state index >= 15 is 0 Å². The van der Waals surface area contributed by atoms with Gasteiger partial charge in [0.2, 0.25) is 5.88 Å². The van der Waals surface area contributed by atoms with Gasteiger partial charge in [-0.1, -0.05) is 0 Å². The van der Waals surface area contributed by atoms with Crippen LogP contribution in [0.2, 0.25) is 0 Å². The first kappa shape index (κ1) is 12.8. The Morgan fingerprint density at radius 2 is 2.18 bits per heavy atom. The van der Waals surface area contributed by atoms with Gasteiger partial charge in [0, 0.05) is 18.5 Å². The van der Waals surface area contributed by atoms with Crippen molar-refractivity contribution in [3.8, 4) is 5.88 Å². The number of hydrogen-bond donors (Lipinski definition) is 0. The molecule has 0 radical (unpaired) electrons. The van der Waals surface area contributed by atoms with Gasteiger partial charge >= 0.3 is 0 Å². The lowest BCUT2D eigenvalue weighted by atomic mass is 10.4. The smallest absolute Gasteiger partial charge is 0.217 e. The molecule has 1 aliphatic rings. The zero-order valence-corrected chi connectivity index (χ0v) is 11.9. The second kappa shape index (κ2) is 5.78. The molecule has 0 aliphatic heterocycles. The fourth-order valence-electron chi connectivity index (χ4n) is 1.57. The van der Waals surface area contributed by atoms with Crippen molar-refractivity contribution in [1.29, 1.82) is 0 Å². The van der Waals surface area contributed by atoms with Gasteiger partial charge in [0.15, 0.2) is 0 Å². The van der Waals surface area contributed by atoms with Gasteiger partial charge < -0.3 is 9.64 Å². The average molecular weight is 300 g/mol. The summed E-state index contributed by atoms with van der Waals surface area (Å²) in [6.07, 6.45) is 3.42. The quantitative estimate of drug-likeness (QED) is 0.597. The summed E-state index contributed by atoms with van der Waals surface area (Å²) in [5, 5.41) is 0. The maximum absolute atomic E-state index is 5.65. The average Bonchev–Trinajstić information content (AvgIpc) is 3.07. The van der Waals surface area contributed by atoms with Crippen molar-refractivity contribution in [1.82, 2.24) is 14.9 Å². The van der Waals surface area contributed by atoms with Gasteiger partial charge in [-0.3, -0.25) is 0 Å². The SMILES string of the molecule is CN(C)CCCOc1cc(Br)nc(C2CC2)n1. The molecule has 0 N–H and O–H groups in total. The highest BCUT2D eigenvalue weighted by atomic mass is 79.9. The molecule has 1 aromatic heterocycles. The lowest BCUT2D eigenvalue weighted by Gasteiger charge is -2.10. The Labute approximate surface area is 111 Å². The molecule has 1 aromatic rings. The third-order valence-electron chi connectivity index (χ3n) is 2.63. The molecule has 0 saturated heterocycles. The standard InChI is InChI=1S/C12H18BrN3O/c1-16(2)6-3-7-17-11-8-10(13)14-12(15-11)9-4-5-9/h8-9H,3-7H2,1-2H3. The Balaban J connectivity index is 1.87. The summed E-state index contributed by atoms with van der Waals surface area (Å²) >= 11 is 3.40. The molecule has 0 atom stereocenters.